The van der Waals surface area contributed by atoms with Crippen LogP contribution >= 0.6 is 11.3 Å². The lowest BCUT2D eigenvalue weighted by Crippen LogP contribution is -2.68. The fourth-order valence-corrected chi connectivity index (χ4v) is 5.82. The molecular weight excluding hydrogens is 646 g/mol. The van der Waals surface area contributed by atoms with Crippen molar-refractivity contribution in [3.8, 4) is 5.75 Å². The fraction of sp³-hybridized carbons (Fsp3) is 0.481. The number of amides is 1. The zero-order chi connectivity index (χ0) is 33.6. The van der Waals surface area contributed by atoms with E-state index in [0.717, 1.165) is 37.1 Å². The first kappa shape index (κ1) is 34.7. The Balaban J connectivity index is 1.41. The van der Waals surface area contributed by atoms with Gasteiger partial charge in [-0.1, -0.05) is 11.6 Å². The minimum Gasteiger partial charge on any atom is -0.489 e. The van der Waals surface area contributed by atoms with Crippen molar-refractivity contribution in [2.45, 2.75) is 57.2 Å². The number of nitrogens with zero attached hydrogens (tertiary/aromatic N) is 4. The van der Waals surface area contributed by atoms with E-state index in [1.807, 2.05) is 0 Å². The van der Waals surface area contributed by atoms with Crippen LogP contribution in [0.3, 0.4) is 0 Å². The van der Waals surface area contributed by atoms with E-state index >= 15 is 0 Å². The van der Waals surface area contributed by atoms with Gasteiger partial charge in [-0.25, -0.2) is 9.78 Å². The normalized spacial score (nSPS) is 20.9. The molecule has 2 aliphatic rings. The second kappa shape index (κ2) is 14.5. The summed E-state index contributed by atoms with van der Waals surface area (Å²) in [7, 11) is -4.99. The van der Waals surface area contributed by atoms with Crippen LogP contribution in [-0.2, 0) is 33.9 Å². The molecule has 3 heterocycles. The number of carboxylic acid groups (broad SMARTS) is 1. The summed E-state index contributed by atoms with van der Waals surface area (Å²) in [5, 5.41) is 18.8. The van der Waals surface area contributed by atoms with Crippen LogP contribution in [0, 0.1) is 5.92 Å². The van der Waals surface area contributed by atoms with Gasteiger partial charge in [0.1, 0.15) is 23.9 Å². The SMILES string of the molecule is CC1(C)C(CC(=O)/C(=N\O[C@@H](COc2ccc(C(N)=NCC3CCCCN3)cc2)C(=O)O)c2csc(N)n2)C(=O)N1OS(=O)(=O)O. The van der Waals surface area contributed by atoms with Gasteiger partial charge in [-0.15, -0.1) is 15.6 Å². The van der Waals surface area contributed by atoms with Crippen LogP contribution in [0.5, 0.6) is 5.75 Å². The molecule has 1 aromatic heterocycles. The molecule has 0 saturated carbocycles. The van der Waals surface area contributed by atoms with E-state index in [1.165, 1.54) is 19.2 Å². The Morgan fingerprint density at radius 2 is 1.98 bits per heavy atom. The van der Waals surface area contributed by atoms with Crippen molar-refractivity contribution in [3.63, 3.8) is 0 Å². The van der Waals surface area contributed by atoms with Gasteiger partial charge in [-0.05, 0) is 57.5 Å². The first-order valence-electron chi connectivity index (χ1n) is 14.1. The second-order valence-electron chi connectivity index (χ2n) is 11.1. The van der Waals surface area contributed by atoms with E-state index in [9.17, 15) is 27.9 Å². The molecule has 46 heavy (non-hydrogen) atoms. The Bertz CT molecular complexity index is 1600. The molecule has 17 nitrogen and oxygen atoms in total. The largest absolute Gasteiger partial charge is 0.489 e. The third kappa shape index (κ3) is 8.75. The molecule has 3 atom stereocenters. The first-order valence-corrected chi connectivity index (χ1v) is 16.4. The maximum Gasteiger partial charge on any atom is 0.418 e. The van der Waals surface area contributed by atoms with Crippen LogP contribution in [-0.4, -0.2) is 94.7 Å². The summed E-state index contributed by atoms with van der Waals surface area (Å²) in [6, 6.07) is 6.86. The molecule has 0 aliphatic carbocycles. The van der Waals surface area contributed by atoms with Gasteiger partial charge in [0.05, 0.1) is 18.0 Å². The number of aliphatic carboxylic acids is 1. The number of rotatable bonds is 15. The number of nitrogens with two attached hydrogens (primary N) is 2. The van der Waals surface area contributed by atoms with Gasteiger partial charge in [0.2, 0.25) is 0 Å². The number of carbonyl (C=O) groups is 3. The molecule has 2 saturated heterocycles. The molecule has 4 rings (SSSR count). The molecule has 1 amide bonds. The van der Waals surface area contributed by atoms with E-state index < -0.39 is 64.4 Å². The lowest BCUT2D eigenvalue weighted by Gasteiger charge is -2.50. The number of oxime groups is 1. The monoisotopic (exact) mass is 681 g/mol. The van der Waals surface area contributed by atoms with E-state index in [1.54, 1.807) is 24.3 Å². The highest BCUT2D eigenvalue weighted by Gasteiger charge is 2.57. The number of aromatic nitrogens is 1. The molecule has 2 unspecified atom stereocenters. The zero-order valence-corrected chi connectivity index (χ0v) is 26.6. The number of Topliss-reactive ketones (excluding diaryl/α,β-unsaturated/α-hetero) is 1. The lowest BCUT2D eigenvalue weighted by atomic mass is 9.74. The van der Waals surface area contributed by atoms with Crippen molar-refractivity contribution in [2.75, 3.05) is 25.4 Å². The van der Waals surface area contributed by atoms with E-state index in [4.69, 9.17) is 25.6 Å². The van der Waals surface area contributed by atoms with Crippen LogP contribution < -0.4 is 21.5 Å². The second-order valence-corrected chi connectivity index (χ2v) is 13.0. The molecule has 0 spiro atoms. The smallest absolute Gasteiger partial charge is 0.418 e. The number of anilines is 1. The van der Waals surface area contributed by atoms with Gasteiger partial charge in [0, 0.05) is 23.4 Å². The Kier molecular flexibility index (Phi) is 10.9. The van der Waals surface area contributed by atoms with Crippen molar-refractivity contribution in [2.24, 2.45) is 21.8 Å². The molecule has 1 aromatic carbocycles. The number of aliphatic imine (C=N–C) groups is 1. The summed E-state index contributed by atoms with van der Waals surface area (Å²) >= 11 is 0.984. The number of β-lactam (4-membered cyclic amide) rings is 1. The number of carboxylic acids is 1. The first-order chi connectivity index (χ1) is 21.7. The highest BCUT2D eigenvalue weighted by molar-refractivity contribution is 7.80. The molecule has 2 fully saturated rings. The lowest BCUT2D eigenvalue weighted by molar-refractivity contribution is -0.228. The molecule has 0 radical (unpaired) electrons. The number of ether oxygens (including phenoxy) is 1. The average Bonchev–Trinajstić information content (AvgIpc) is 3.44. The molecule has 2 aromatic rings. The number of hydrogen-bond acceptors (Lipinski definition) is 14. The van der Waals surface area contributed by atoms with Gasteiger partial charge in [-0.3, -0.25) is 19.1 Å². The molecule has 19 heteroatoms. The van der Waals surface area contributed by atoms with Crippen LogP contribution in [0.1, 0.15) is 50.8 Å². The minimum atomic E-state index is -4.99. The highest BCUT2D eigenvalue weighted by atomic mass is 32.3. The minimum absolute atomic E-state index is 0.0257. The molecule has 2 aliphatic heterocycles. The summed E-state index contributed by atoms with van der Waals surface area (Å²) < 4.78 is 41.1. The third-order valence-corrected chi connectivity index (χ3v) is 8.47. The van der Waals surface area contributed by atoms with E-state index in [2.05, 4.69) is 24.7 Å². The van der Waals surface area contributed by atoms with Crippen LogP contribution in [0.2, 0.25) is 0 Å². The predicted molar refractivity (Wildman–Crippen MR) is 165 cm³/mol. The van der Waals surface area contributed by atoms with Gasteiger partial charge < -0.3 is 31.5 Å². The zero-order valence-electron chi connectivity index (χ0n) is 25.0. The molecule has 0 bridgehead atoms. The quantitative estimate of drug-likeness (QED) is 0.0572. The van der Waals surface area contributed by atoms with Crippen LogP contribution in [0.25, 0.3) is 0 Å². The van der Waals surface area contributed by atoms with E-state index in [-0.39, 0.29) is 10.8 Å². The number of ketones is 1. The number of thiazole rings is 1. The van der Waals surface area contributed by atoms with Crippen molar-refractivity contribution in [1.29, 1.82) is 0 Å². The number of carbonyl (C=O) groups excluding carboxylic acids is 2. The van der Waals surface area contributed by atoms with Gasteiger partial charge in [0.15, 0.2) is 16.6 Å². The maximum absolute atomic E-state index is 13.3. The average molecular weight is 682 g/mol. The topological polar surface area (TPSA) is 258 Å². The predicted octanol–water partition coefficient (Wildman–Crippen LogP) is 0.756. The Labute approximate surface area is 268 Å². The summed E-state index contributed by atoms with van der Waals surface area (Å²) in [5.41, 5.74) is 10.7. The summed E-state index contributed by atoms with van der Waals surface area (Å²) in [6.45, 7) is 3.88. The van der Waals surface area contributed by atoms with Crippen molar-refractivity contribution < 1.29 is 46.3 Å². The van der Waals surface area contributed by atoms with Crippen molar-refractivity contribution in [1.82, 2.24) is 15.4 Å². The van der Waals surface area contributed by atoms with Gasteiger partial charge >= 0.3 is 16.4 Å². The number of nitrogen functional groups attached to an aromatic ring is 1. The van der Waals surface area contributed by atoms with Gasteiger partial charge in [-0.2, -0.15) is 13.5 Å². The number of benzene rings is 1. The fourth-order valence-electron chi connectivity index (χ4n) is 4.82. The van der Waals surface area contributed by atoms with Crippen molar-refractivity contribution in [3.05, 3.63) is 40.9 Å². The number of amidine groups is 1. The van der Waals surface area contributed by atoms with E-state index in [0.29, 0.717) is 34.8 Å². The van der Waals surface area contributed by atoms with Crippen LogP contribution in [0.4, 0.5) is 5.13 Å². The standard InChI is InChI=1S/C27H35N7O10S2/c1-27(2)18(24(36)34(27)44-46(39,40)41)11-20(35)22(19-14-45-26(29)32-19)33-43-21(25(37)38)13-42-17-8-6-15(7-9-17)23(28)31-12-16-5-3-4-10-30-16/h6-9,14,16,18,21,30H,3-5,10-13H2,1-2H3,(H2,28,31)(H2,29,32)(H,37,38)(H,39,40,41)/b33-22-/t16?,18?,21-/m0/s1. The number of hydroxylamine groups is 2. The number of hydrogen-bond donors (Lipinski definition) is 5. The third-order valence-electron chi connectivity index (χ3n) is 7.45. The number of nitrogens with one attached hydrogen (secondary N) is 1. The Hall–Kier alpha value is -4.17. The van der Waals surface area contributed by atoms with Crippen molar-refractivity contribution >= 4 is 56.1 Å². The number of piperidine rings is 1. The summed E-state index contributed by atoms with van der Waals surface area (Å²) in [5.74, 6) is -3.49. The summed E-state index contributed by atoms with van der Waals surface area (Å²) in [4.78, 5) is 51.5. The highest BCUT2D eigenvalue weighted by Crippen LogP contribution is 2.40. The van der Waals surface area contributed by atoms with Gasteiger partial charge in [0.25, 0.3) is 12.0 Å². The maximum atomic E-state index is 13.3. The molecule has 7 N–H and O–H groups in total. The molecule has 250 valence electrons. The summed E-state index contributed by atoms with van der Waals surface area (Å²) in [6.07, 6.45) is 1.19. The molecular formula is C27H35N7O10S2. The van der Waals surface area contributed by atoms with Crippen LogP contribution in [0.15, 0.2) is 39.8 Å². The Morgan fingerprint density at radius 3 is 2.54 bits per heavy atom. The Morgan fingerprint density at radius 1 is 1.26 bits per heavy atom.